The van der Waals surface area contributed by atoms with Crippen molar-refractivity contribution in [2.24, 2.45) is 0 Å². The smallest absolute Gasteiger partial charge is 0.337 e. The van der Waals surface area contributed by atoms with E-state index < -0.39 is 11.9 Å². The van der Waals surface area contributed by atoms with Crippen molar-refractivity contribution < 1.29 is 30.0 Å². The standard InChI is InChI=1S/C16H15NO6/c18-10-3-4-12(11(8-10)16(22)23)17-15(21)6-2-9-1-5-13(19)14(20)7-9/h1,3-5,7-8,18-20H,2,6H2,(H,17,21)(H,22,23). The molecule has 0 fully saturated rings. The molecule has 0 aliphatic rings. The van der Waals surface area contributed by atoms with Crippen LogP contribution in [0.4, 0.5) is 5.69 Å². The minimum Gasteiger partial charge on any atom is -0.508 e. The van der Waals surface area contributed by atoms with Gasteiger partial charge in [0.2, 0.25) is 5.91 Å². The van der Waals surface area contributed by atoms with Gasteiger partial charge in [0.05, 0.1) is 11.3 Å². The fraction of sp³-hybridized carbons (Fsp3) is 0.125. The third-order valence-corrected chi connectivity index (χ3v) is 3.19. The fourth-order valence-corrected chi connectivity index (χ4v) is 2.01. The molecule has 0 atom stereocenters. The Balaban J connectivity index is 2.02. The largest absolute Gasteiger partial charge is 0.508 e. The van der Waals surface area contributed by atoms with E-state index in [1.54, 1.807) is 6.07 Å². The Kier molecular flexibility index (Phi) is 4.70. The Labute approximate surface area is 131 Å². The molecular weight excluding hydrogens is 302 g/mol. The summed E-state index contributed by atoms with van der Waals surface area (Å²) in [4.78, 5) is 23.0. The van der Waals surface area contributed by atoms with E-state index in [4.69, 9.17) is 5.11 Å². The lowest BCUT2D eigenvalue weighted by atomic mass is 10.1. The van der Waals surface area contributed by atoms with Gasteiger partial charge in [-0.05, 0) is 42.3 Å². The molecule has 5 N–H and O–H groups in total. The van der Waals surface area contributed by atoms with Crippen LogP contribution in [0.3, 0.4) is 0 Å². The maximum atomic E-state index is 11.9. The van der Waals surface area contributed by atoms with Crippen molar-refractivity contribution in [3.8, 4) is 17.2 Å². The summed E-state index contributed by atoms with van der Waals surface area (Å²) < 4.78 is 0. The Bertz CT molecular complexity index is 756. The first-order valence-electron chi connectivity index (χ1n) is 6.74. The normalized spacial score (nSPS) is 10.3. The number of anilines is 1. The van der Waals surface area contributed by atoms with Gasteiger partial charge in [-0.3, -0.25) is 4.79 Å². The second-order valence-electron chi connectivity index (χ2n) is 4.91. The van der Waals surface area contributed by atoms with Crippen molar-refractivity contribution in [1.82, 2.24) is 0 Å². The van der Waals surface area contributed by atoms with Gasteiger partial charge in [0, 0.05) is 6.42 Å². The Morgan fingerprint density at radius 2 is 1.70 bits per heavy atom. The van der Waals surface area contributed by atoms with Gasteiger partial charge in [0.1, 0.15) is 5.75 Å². The molecule has 7 heteroatoms. The number of aryl methyl sites for hydroxylation is 1. The van der Waals surface area contributed by atoms with Gasteiger partial charge < -0.3 is 25.7 Å². The number of carboxylic acids is 1. The van der Waals surface area contributed by atoms with E-state index in [0.717, 1.165) is 6.07 Å². The van der Waals surface area contributed by atoms with E-state index in [0.29, 0.717) is 12.0 Å². The summed E-state index contributed by atoms with van der Waals surface area (Å²) in [6.45, 7) is 0. The lowest BCUT2D eigenvalue weighted by Crippen LogP contribution is -2.15. The molecule has 120 valence electrons. The Hall–Kier alpha value is -3.22. The van der Waals surface area contributed by atoms with E-state index in [-0.39, 0.29) is 34.9 Å². The zero-order valence-electron chi connectivity index (χ0n) is 12.0. The number of aromatic hydroxyl groups is 3. The number of phenols is 3. The third-order valence-electron chi connectivity index (χ3n) is 3.19. The minimum atomic E-state index is -1.26. The summed E-state index contributed by atoms with van der Waals surface area (Å²) in [6, 6.07) is 7.89. The fourth-order valence-electron chi connectivity index (χ4n) is 2.01. The molecule has 2 aromatic carbocycles. The molecule has 2 rings (SSSR count). The summed E-state index contributed by atoms with van der Waals surface area (Å²) in [5.74, 6) is -2.40. The first-order valence-corrected chi connectivity index (χ1v) is 6.74. The number of amides is 1. The van der Waals surface area contributed by atoms with E-state index in [2.05, 4.69) is 5.32 Å². The van der Waals surface area contributed by atoms with Crippen LogP contribution in [0, 0.1) is 0 Å². The molecule has 0 spiro atoms. The van der Waals surface area contributed by atoms with Crippen molar-refractivity contribution in [3.05, 3.63) is 47.5 Å². The van der Waals surface area contributed by atoms with Gasteiger partial charge in [-0.2, -0.15) is 0 Å². The molecule has 23 heavy (non-hydrogen) atoms. The van der Waals surface area contributed by atoms with Crippen molar-refractivity contribution in [1.29, 1.82) is 0 Å². The highest BCUT2D eigenvalue weighted by molar-refractivity contribution is 6.00. The summed E-state index contributed by atoms with van der Waals surface area (Å²) in [5.41, 5.74) is 0.536. The molecular formula is C16H15NO6. The van der Waals surface area contributed by atoms with Gasteiger partial charge in [-0.15, -0.1) is 0 Å². The zero-order valence-corrected chi connectivity index (χ0v) is 12.0. The summed E-state index contributed by atoms with van der Waals surface area (Å²) >= 11 is 0. The summed E-state index contributed by atoms with van der Waals surface area (Å²) in [7, 11) is 0. The number of hydrogen-bond donors (Lipinski definition) is 5. The molecule has 0 saturated heterocycles. The SMILES string of the molecule is O=C(CCc1ccc(O)c(O)c1)Nc1ccc(O)cc1C(=O)O. The highest BCUT2D eigenvalue weighted by atomic mass is 16.4. The van der Waals surface area contributed by atoms with Crippen LogP contribution in [0.25, 0.3) is 0 Å². The van der Waals surface area contributed by atoms with E-state index in [1.807, 2.05) is 0 Å². The number of phenolic OH excluding ortho intramolecular Hbond substituents is 3. The van der Waals surface area contributed by atoms with Crippen molar-refractivity contribution in [3.63, 3.8) is 0 Å². The van der Waals surface area contributed by atoms with Crippen molar-refractivity contribution in [2.75, 3.05) is 5.32 Å². The summed E-state index contributed by atoms with van der Waals surface area (Å²) in [5, 5.41) is 39.4. The van der Waals surface area contributed by atoms with Crippen LogP contribution >= 0.6 is 0 Å². The second-order valence-corrected chi connectivity index (χ2v) is 4.91. The number of rotatable bonds is 5. The zero-order chi connectivity index (χ0) is 17.0. The minimum absolute atomic E-state index is 0.0597. The van der Waals surface area contributed by atoms with Gasteiger partial charge in [-0.1, -0.05) is 6.07 Å². The van der Waals surface area contributed by atoms with Crippen LogP contribution in [0.5, 0.6) is 17.2 Å². The first-order chi connectivity index (χ1) is 10.9. The van der Waals surface area contributed by atoms with E-state index in [1.165, 1.54) is 24.3 Å². The average Bonchev–Trinajstić information content (AvgIpc) is 2.50. The summed E-state index contributed by atoms with van der Waals surface area (Å²) in [6.07, 6.45) is 0.365. The molecule has 1 amide bonds. The predicted molar refractivity (Wildman–Crippen MR) is 81.8 cm³/mol. The van der Waals surface area contributed by atoms with E-state index >= 15 is 0 Å². The van der Waals surface area contributed by atoms with Crippen LogP contribution in [0.1, 0.15) is 22.3 Å². The molecule has 7 nitrogen and oxygen atoms in total. The topological polar surface area (TPSA) is 127 Å². The predicted octanol–water partition coefficient (Wildman–Crippen LogP) is 2.07. The maximum absolute atomic E-state index is 11.9. The number of aromatic carboxylic acids is 1. The average molecular weight is 317 g/mol. The molecule has 0 unspecified atom stereocenters. The molecule has 0 radical (unpaired) electrons. The number of nitrogens with one attached hydrogen (secondary N) is 1. The Morgan fingerprint density at radius 3 is 2.35 bits per heavy atom. The van der Waals surface area contributed by atoms with Gasteiger partial charge >= 0.3 is 5.97 Å². The van der Waals surface area contributed by atoms with Crippen LogP contribution in [0.15, 0.2) is 36.4 Å². The maximum Gasteiger partial charge on any atom is 0.337 e. The van der Waals surface area contributed by atoms with Crippen LogP contribution in [0.2, 0.25) is 0 Å². The third kappa shape index (κ3) is 4.13. The van der Waals surface area contributed by atoms with Crippen molar-refractivity contribution in [2.45, 2.75) is 12.8 Å². The lowest BCUT2D eigenvalue weighted by Gasteiger charge is -2.09. The van der Waals surface area contributed by atoms with Gasteiger partial charge in [0.25, 0.3) is 0 Å². The molecule has 0 aliphatic carbocycles. The molecule has 0 heterocycles. The molecule has 0 bridgehead atoms. The van der Waals surface area contributed by atoms with Crippen molar-refractivity contribution >= 4 is 17.6 Å². The van der Waals surface area contributed by atoms with Crippen LogP contribution in [-0.4, -0.2) is 32.3 Å². The second kappa shape index (κ2) is 6.69. The molecule has 0 aliphatic heterocycles. The molecule has 0 saturated carbocycles. The number of carbonyl (C=O) groups is 2. The number of carbonyl (C=O) groups excluding carboxylic acids is 1. The lowest BCUT2D eigenvalue weighted by molar-refractivity contribution is -0.116. The van der Waals surface area contributed by atoms with Crippen LogP contribution in [-0.2, 0) is 11.2 Å². The molecule has 2 aromatic rings. The number of carboxylic acid groups (broad SMARTS) is 1. The highest BCUT2D eigenvalue weighted by Crippen LogP contribution is 2.26. The van der Waals surface area contributed by atoms with E-state index in [9.17, 15) is 24.9 Å². The number of benzene rings is 2. The first kappa shape index (κ1) is 16.2. The van der Waals surface area contributed by atoms with Crippen LogP contribution < -0.4 is 5.32 Å². The monoisotopic (exact) mass is 317 g/mol. The van der Waals surface area contributed by atoms with Gasteiger partial charge in [-0.25, -0.2) is 4.79 Å². The Morgan fingerprint density at radius 1 is 0.957 bits per heavy atom. The number of hydrogen-bond acceptors (Lipinski definition) is 5. The molecule has 0 aromatic heterocycles. The van der Waals surface area contributed by atoms with Gasteiger partial charge in [0.15, 0.2) is 11.5 Å². The quantitative estimate of drug-likeness (QED) is 0.424. The highest BCUT2D eigenvalue weighted by Gasteiger charge is 2.13.